The lowest BCUT2D eigenvalue weighted by Crippen LogP contribution is -2.06. The highest BCUT2D eigenvalue weighted by Gasteiger charge is 2.19. The molecule has 0 aromatic heterocycles. The van der Waals surface area contributed by atoms with Crippen molar-refractivity contribution in [2.45, 2.75) is 38.4 Å². The van der Waals surface area contributed by atoms with Crippen LogP contribution in [0.5, 0.6) is 11.5 Å². The molecule has 18 heavy (non-hydrogen) atoms. The Balaban J connectivity index is 3.08. The Labute approximate surface area is 119 Å². The van der Waals surface area contributed by atoms with E-state index in [0.717, 1.165) is 11.5 Å². The van der Waals surface area contributed by atoms with E-state index >= 15 is 0 Å². The first kappa shape index (κ1) is 15.4. The maximum atomic E-state index is 5.38. The van der Waals surface area contributed by atoms with Crippen molar-refractivity contribution in [3.05, 3.63) is 23.3 Å². The molecule has 1 rings (SSSR count). The average molecular weight is 315 g/mol. The molecule has 102 valence electrons. The summed E-state index contributed by atoms with van der Waals surface area (Å²) in [7, 11) is 3.35. The summed E-state index contributed by atoms with van der Waals surface area (Å²) in [5.41, 5.74) is 2.52. The Morgan fingerprint density at radius 1 is 1.17 bits per heavy atom. The van der Waals surface area contributed by atoms with Gasteiger partial charge in [-0.1, -0.05) is 36.2 Å². The molecule has 2 nitrogen and oxygen atoms in total. The molecule has 2 atom stereocenters. The lowest BCUT2D eigenvalue weighted by molar-refractivity contribution is 0.354. The van der Waals surface area contributed by atoms with E-state index in [1.54, 1.807) is 14.2 Å². The monoisotopic (exact) mass is 314 g/mol. The molecule has 1 aromatic rings. The number of hydrogen-bond acceptors (Lipinski definition) is 2. The fourth-order valence-electron chi connectivity index (χ4n) is 2.20. The standard InChI is InChI=1S/C15H23BrO2/c1-6-7-10(2)15(16)12-9-14(18-5)13(17-4)8-11(12)3/h8-10,15H,6-7H2,1-5H3. The van der Waals surface area contributed by atoms with Gasteiger partial charge in [-0.2, -0.15) is 0 Å². The summed E-state index contributed by atoms with van der Waals surface area (Å²) in [4.78, 5) is 0.359. The van der Waals surface area contributed by atoms with Crippen LogP contribution in [0.2, 0.25) is 0 Å². The van der Waals surface area contributed by atoms with Crippen LogP contribution in [0, 0.1) is 12.8 Å². The van der Waals surface area contributed by atoms with Crippen LogP contribution in [-0.4, -0.2) is 14.2 Å². The van der Waals surface area contributed by atoms with Crippen LogP contribution >= 0.6 is 15.9 Å². The van der Waals surface area contributed by atoms with Gasteiger partial charge in [0.2, 0.25) is 0 Å². The third-order valence-corrected chi connectivity index (χ3v) is 4.71. The normalized spacial score (nSPS) is 14.1. The molecule has 0 aliphatic carbocycles. The first-order valence-corrected chi connectivity index (χ1v) is 7.33. The van der Waals surface area contributed by atoms with E-state index in [2.05, 4.69) is 42.8 Å². The zero-order valence-electron chi connectivity index (χ0n) is 11.9. The van der Waals surface area contributed by atoms with Crippen molar-refractivity contribution < 1.29 is 9.47 Å². The number of rotatable bonds is 6. The van der Waals surface area contributed by atoms with E-state index in [1.165, 1.54) is 24.0 Å². The number of aryl methyl sites for hydroxylation is 1. The molecule has 0 saturated carbocycles. The Hall–Kier alpha value is -0.700. The van der Waals surface area contributed by atoms with Crippen molar-refractivity contribution in [3.63, 3.8) is 0 Å². The lowest BCUT2D eigenvalue weighted by atomic mass is 9.93. The first-order valence-electron chi connectivity index (χ1n) is 6.41. The van der Waals surface area contributed by atoms with Gasteiger partial charge < -0.3 is 9.47 Å². The topological polar surface area (TPSA) is 18.5 Å². The van der Waals surface area contributed by atoms with E-state index in [0.29, 0.717) is 10.7 Å². The van der Waals surface area contributed by atoms with Gasteiger partial charge >= 0.3 is 0 Å². The van der Waals surface area contributed by atoms with Gasteiger partial charge in [0, 0.05) is 4.83 Å². The number of benzene rings is 1. The Morgan fingerprint density at radius 3 is 2.22 bits per heavy atom. The first-order chi connectivity index (χ1) is 8.54. The second-order valence-electron chi connectivity index (χ2n) is 4.73. The van der Waals surface area contributed by atoms with Gasteiger partial charge in [0.15, 0.2) is 11.5 Å². The largest absolute Gasteiger partial charge is 0.493 e. The maximum Gasteiger partial charge on any atom is 0.161 e. The second kappa shape index (κ2) is 7.03. The summed E-state index contributed by atoms with van der Waals surface area (Å²) in [5.74, 6) is 2.19. The zero-order valence-corrected chi connectivity index (χ0v) is 13.5. The van der Waals surface area contributed by atoms with Crippen LogP contribution in [0.1, 0.15) is 42.6 Å². The van der Waals surface area contributed by atoms with Crippen molar-refractivity contribution >= 4 is 15.9 Å². The minimum Gasteiger partial charge on any atom is -0.493 e. The molecule has 0 amide bonds. The number of ether oxygens (including phenoxy) is 2. The van der Waals surface area contributed by atoms with Gasteiger partial charge in [-0.15, -0.1) is 0 Å². The Kier molecular flexibility index (Phi) is 6.00. The lowest BCUT2D eigenvalue weighted by Gasteiger charge is -2.21. The number of halogens is 1. The summed E-state index contributed by atoms with van der Waals surface area (Å²) in [6.45, 7) is 6.61. The highest BCUT2D eigenvalue weighted by atomic mass is 79.9. The fourth-order valence-corrected chi connectivity index (χ4v) is 2.96. The van der Waals surface area contributed by atoms with Gasteiger partial charge in [0.05, 0.1) is 14.2 Å². The summed E-state index contributed by atoms with van der Waals surface area (Å²) in [6.07, 6.45) is 2.42. The molecule has 0 bridgehead atoms. The van der Waals surface area contributed by atoms with Crippen LogP contribution in [0.15, 0.2) is 12.1 Å². The van der Waals surface area contributed by atoms with E-state index in [9.17, 15) is 0 Å². The van der Waals surface area contributed by atoms with Crippen molar-refractivity contribution in [2.24, 2.45) is 5.92 Å². The van der Waals surface area contributed by atoms with E-state index in [1.807, 2.05) is 6.07 Å². The zero-order chi connectivity index (χ0) is 13.7. The van der Waals surface area contributed by atoms with Gasteiger partial charge in [-0.05, 0) is 42.5 Å². The molecular weight excluding hydrogens is 292 g/mol. The molecule has 0 aliphatic rings. The van der Waals surface area contributed by atoms with E-state index in [4.69, 9.17) is 9.47 Å². The van der Waals surface area contributed by atoms with Crippen molar-refractivity contribution in [1.29, 1.82) is 0 Å². The molecule has 1 aromatic carbocycles. The molecule has 0 aliphatic heterocycles. The van der Waals surface area contributed by atoms with Gasteiger partial charge in [0.1, 0.15) is 0 Å². The van der Waals surface area contributed by atoms with Gasteiger partial charge in [0.25, 0.3) is 0 Å². The van der Waals surface area contributed by atoms with Crippen LogP contribution in [-0.2, 0) is 0 Å². The molecule has 0 saturated heterocycles. The minimum absolute atomic E-state index is 0.359. The second-order valence-corrected chi connectivity index (χ2v) is 5.72. The molecule has 0 spiro atoms. The van der Waals surface area contributed by atoms with E-state index < -0.39 is 0 Å². The summed E-state index contributed by atoms with van der Waals surface area (Å²) in [5, 5.41) is 0. The van der Waals surface area contributed by atoms with Crippen molar-refractivity contribution in [3.8, 4) is 11.5 Å². The van der Waals surface area contributed by atoms with Crippen molar-refractivity contribution in [2.75, 3.05) is 14.2 Å². The van der Waals surface area contributed by atoms with Crippen LogP contribution < -0.4 is 9.47 Å². The summed E-state index contributed by atoms with van der Waals surface area (Å²) >= 11 is 3.82. The minimum atomic E-state index is 0.359. The quantitative estimate of drug-likeness (QED) is 0.696. The Morgan fingerprint density at radius 2 is 1.72 bits per heavy atom. The van der Waals surface area contributed by atoms with Gasteiger partial charge in [-0.25, -0.2) is 0 Å². The van der Waals surface area contributed by atoms with Crippen LogP contribution in [0.4, 0.5) is 0 Å². The summed E-state index contributed by atoms with van der Waals surface area (Å²) in [6, 6.07) is 4.13. The number of methoxy groups -OCH3 is 2. The molecule has 3 heteroatoms. The third kappa shape index (κ3) is 3.41. The molecular formula is C15H23BrO2. The molecule has 0 N–H and O–H groups in total. The molecule has 2 unspecified atom stereocenters. The fraction of sp³-hybridized carbons (Fsp3) is 0.600. The third-order valence-electron chi connectivity index (χ3n) is 3.31. The van der Waals surface area contributed by atoms with Gasteiger partial charge in [-0.3, -0.25) is 0 Å². The predicted octanol–water partition coefficient (Wildman–Crippen LogP) is 4.88. The number of hydrogen-bond donors (Lipinski definition) is 0. The highest BCUT2D eigenvalue weighted by molar-refractivity contribution is 9.09. The van der Waals surface area contributed by atoms with Crippen molar-refractivity contribution in [1.82, 2.24) is 0 Å². The smallest absolute Gasteiger partial charge is 0.161 e. The summed E-state index contributed by atoms with van der Waals surface area (Å²) < 4.78 is 10.7. The average Bonchev–Trinajstić information content (AvgIpc) is 2.37. The van der Waals surface area contributed by atoms with Crippen LogP contribution in [0.3, 0.4) is 0 Å². The highest BCUT2D eigenvalue weighted by Crippen LogP contribution is 2.40. The van der Waals surface area contributed by atoms with Crippen LogP contribution in [0.25, 0.3) is 0 Å². The maximum absolute atomic E-state index is 5.38. The number of alkyl halides is 1. The molecule has 0 heterocycles. The predicted molar refractivity (Wildman–Crippen MR) is 80.0 cm³/mol. The SMILES string of the molecule is CCCC(C)C(Br)c1cc(OC)c(OC)cc1C. The molecule has 0 radical (unpaired) electrons. The molecule has 0 fully saturated rings. The van der Waals surface area contributed by atoms with E-state index in [-0.39, 0.29) is 0 Å². The Bertz CT molecular complexity index is 390.